The minimum Gasteiger partial charge on any atom is -0.315 e. The summed E-state index contributed by atoms with van der Waals surface area (Å²) in [6.45, 7) is 8.89. The molecule has 16 heavy (non-hydrogen) atoms. The molecule has 0 radical (unpaired) electrons. The zero-order valence-corrected chi connectivity index (χ0v) is 12.6. The number of hydrogen-bond donors (Lipinski definition) is 1. The first kappa shape index (κ1) is 14.1. The Kier molecular flexibility index (Phi) is 6.47. The van der Waals surface area contributed by atoms with E-state index in [-0.39, 0.29) is 0 Å². The molecule has 0 heterocycles. The van der Waals surface area contributed by atoms with E-state index in [9.17, 15) is 0 Å². The highest BCUT2D eigenvalue weighted by Gasteiger charge is 2.06. The number of thioether (sulfide) groups is 1. The van der Waals surface area contributed by atoms with Crippen LogP contribution in [0.1, 0.15) is 20.8 Å². The van der Waals surface area contributed by atoms with Crippen molar-refractivity contribution in [2.75, 3.05) is 13.1 Å². The van der Waals surface area contributed by atoms with Crippen LogP contribution in [0.3, 0.4) is 0 Å². The molecule has 3 heteroatoms. The summed E-state index contributed by atoms with van der Waals surface area (Å²) >= 11 is 5.49. The van der Waals surface area contributed by atoms with E-state index in [1.165, 1.54) is 9.37 Å². The summed E-state index contributed by atoms with van der Waals surface area (Å²) in [6, 6.07) is 8.39. The van der Waals surface area contributed by atoms with Gasteiger partial charge in [0, 0.05) is 21.2 Å². The molecule has 0 aromatic heterocycles. The van der Waals surface area contributed by atoms with Crippen LogP contribution in [0.2, 0.25) is 0 Å². The summed E-state index contributed by atoms with van der Waals surface area (Å²) in [6.07, 6.45) is 0. The third-order valence-corrected chi connectivity index (χ3v) is 4.28. The molecule has 0 amide bonds. The van der Waals surface area contributed by atoms with Crippen LogP contribution in [0, 0.1) is 5.92 Å². The highest BCUT2D eigenvalue weighted by atomic mass is 79.9. The van der Waals surface area contributed by atoms with Crippen LogP contribution < -0.4 is 5.32 Å². The second kappa shape index (κ2) is 7.36. The molecule has 0 bridgehead atoms. The topological polar surface area (TPSA) is 12.0 Å². The van der Waals surface area contributed by atoms with Crippen molar-refractivity contribution in [2.45, 2.75) is 30.9 Å². The molecular weight excluding hydrogens is 282 g/mol. The maximum atomic E-state index is 3.57. The number of halogens is 1. The third kappa shape index (κ3) is 5.37. The van der Waals surface area contributed by atoms with Crippen molar-refractivity contribution in [1.82, 2.24) is 5.32 Å². The Balaban J connectivity index is 2.34. The summed E-state index contributed by atoms with van der Waals surface area (Å²) in [5, 5.41) is 4.08. The van der Waals surface area contributed by atoms with E-state index < -0.39 is 0 Å². The van der Waals surface area contributed by atoms with Crippen molar-refractivity contribution >= 4 is 27.7 Å². The quantitative estimate of drug-likeness (QED) is 0.791. The van der Waals surface area contributed by atoms with Crippen molar-refractivity contribution in [3.05, 3.63) is 28.7 Å². The molecule has 1 atom stereocenters. The maximum Gasteiger partial charge on any atom is 0.0311 e. The largest absolute Gasteiger partial charge is 0.315 e. The highest BCUT2D eigenvalue weighted by molar-refractivity contribution is 9.10. The van der Waals surface area contributed by atoms with Gasteiger partial charge >= 0.3 is 0 Å². The fourth-order valence-corrected chi connectivity index (χ4v) is 2.91. The predicted molar refractivity (Wildman–Crippen MR) is 77.2 cm³/mol. The van der Waals surface area contributed by atoms with Crippen molar-refractivity contribution in [2.24, 2.45) is 5.92 Å². The van der Waals surface area contributed by atoms with Crippen LogP contribution >= 0.6 is 27.7 Å². The van der Waals surface area contributed by atoms with Crippen molar-refractivity contribution < 1.29 is 0 Å². The molecule has 1 nitrogen and oxygen atoms in total. The van der Waals surface area contributed by atoms with Gasteiger partial charge < -0.3 is 5.32 Å². The van der Waals surface area contributed by atoms with Gasteiger partial charge in [-0.2, -0.15) is 0 Å². The molecular formula is C13H20BrNS. The summed E-state index contributed by atoms with van der Waals surface area (Å²) in [7, 11) is 0. The van der Waals surface area contributed by atoms with Gasteiger partial charge in [-0.05, 0) is 40.5 Å². The second-order valence-corrected chi connectivity index (χ2v) is 6.75. The predicted octanol–water partition coefficient (Wildman–Crippen LogP) is 4.18. The SMILES string of the molecule is CC(C)CNCC(C)Sc1ccccc1Br. The normalized spacial score (nSPS) is 13.1. The molecule has 1 rings (SSSR count). The van der Waals surface area contributed by atoms with Gasteiger partial charge in [-0.15, -0.1) is 11.8 Å². The average Bonchev–Trinajstić information content (AvgIpc) is 2.21. The van der Waals surface area contributed by atoms with Gasteiger partial charge in [-0.25, -0.2) is 0 Å². The van der Waals surface area contributed by atoms with E-state index in [1.54, 1.807) is 0 Å². The average molecular weight is 302 g/mol. The number of benzene rings is 1. The van der Waals surface area contributed by atoms with Gasteiger partial charge in [0.2, 0.25) is 0 Å². The lowest BCUT2D eigenvalue weighted by Crippen LogP contribution is -2.26. The monoisotopic (exact) mass is 301 g/mol. The Hall–Kier alpha value is 0.01000. The smallest absolute Gasteiger partial charge is 0.0311 e. The van der Waals surface area contributed by atoms with Crippen molar-refractivity contribution in [3.63, 3.8) is 0 Å². The minimum absolute atomic E-state index is 0.595. The van der Waals surface area contributed by atoms with Gasteiger partial charge in [-0.1, -0.05) is 32.9 Å². The molecule has 0 aliphatic rings. The molecule has 0 fully saturated rings. The molecule has 0 aliphatic heterocycles. The number of nitrogens with one attached hydrogen (secondary N) is 1. The van der Waals surface area contributed by atoms with Gasteiger partial charge in [0.25, 0.3) is 0 Å². The molecule has 0 saturated heterocycles. The molecule has 1 N–H and O–H groups in total. The van der Waals surface area contributed by atoms with Crippen molar-refractivity contribution in [3.8, 4) is 0 Å². The summed E-state index contributed by atoms with van der Waals surface area (Å²) in [4.78, 5) is 1.32. The van der Waals surface area contributed by atoms with Gasteiger partial charge in [0.1, 0.15) is 0 Å². The Bertz CT molecular complexity index is 315. The lowest BCUT2D eigenvalue weighted by Gasteiger charge is -2.14. The molecule has 1 aromatic rings. The number of hydrogen-bond acceptors (Lipinski definition) is 2. The Morgan fingerprint density at radius 3 is 2.50 bits per heavy atom. The summed E-state index contributed by atoms with van der Waals surface area (Å²) in [5.74, 6) is 0.723. The standard InChI is InChI=1S/C13H20BrNS/c1-10(2)8-15-9-11(3)16-13-7-5-4-6-12(13)14/h4-7,10-11,15H,8-9H2,1-3H3. The Labute approximate surface area is 112 Å². The molecule has 0 aliphatic carbocycles. The first-order chi connectivity index (χ1) is 7.59. The second-order valence-electron chi connectivity index (χ2n) is 4.41. The zero-order chi connectivity index (χ0) is 12.0. The molecule has 1 unspecified atom stereocenters. The van der Waals surface area contributed by atoms with Crippen LogP contribution in [0.4, 0.5) is 0 Å². The van der Waals surface area contributed by atoms with Gasteiger partial charge in [-0.3, -0.25) is 0 Å². The first-order valence-corrected chi connectivity index (χ1v) is 7.38. The first-order valence-electron chi connectivity index (χ1n) is 5.71. The van der Waals surface area contributed by atoms with Gasteiger partial charge in [0.15, 0.2) is 0 Å². The van der Waals surface area contributed by atoms with Gasteiger partial charge in [0.05, 0.1) is 0 Å². The number of rotatable bonds is 6. The van der Waals surface area contributed by atoms with E-state index in [2.05, 4.69) is 66.3 Å². The van der Waals surface area contributed by atoms with E-state index in [1.807, 2.05) is 11.8 Å². The lowest BCUT2D eigenvalue weighted by atomic mass is 10.2. The maximum absolute atomic E-state index is 3.57. The van der Waals surface area contributed by atoms with Crippen LogP contribution in [0.15, 0.2) is 33.6 Å². The minimum atomic E-state index is 0.595. The molecule has 0 spiro atoms. The zero-order valence-electron chi connectivity index (χ0n) is 10.2. The Morgan fingerprint density at radius 2 is 1.88 bits per heavy atom. The van der Waals surface area contributed by atoms with E-state index in [4.69, 9.17) is 0 Å². The van der Waals surface area contributed by atoms with E-state index in [0.29, 0.717) is 5.25 Å². The molecule has 1 aromatic carbocycles. The fraction of sp³-hybridized carbons (Fsp3) is 0.538. The van der Waals surface area contributed by atoms with Crippen LogP contribution in [0.5, 0.6) is 0 Å². The van der Waals surface area contributed by atoms with E-state index in [0.717, 1.165) is 19.0 Å². The Morgan fingerprint density at radius 1 is 1.19 bits per heavy atom. The summed E-state index contributed by atoms with van der Waals surface area (Å²) < 4.78 is 1.19. The van der Waals surface area contributed by atoms with Crippen molar-refractivity contribution in [1.29, 1.82) is 0 Å². The van der Waals surface area contributed by atoms with Crippen LogP contribution in [0.25, 0.3) is 0 Å². The van der Waals surface area contributed by atoms with Crippen LogP contribution in [-0.4, -0.2) is 18.3 Å². The highest BCUT2D eigenvalue weighted by Crippen LogP contribution is 2.29. The third-order valence-electron chi connectivity index (χ3n) is 2.15. The molecule has 90 valence electrons. The van der Waals surface area contributed by atoms with E-state index >= 15 is 0 Å². The lowest BCUT2D eigenvalue weighted by molar-refractivity contribution is 0.554. The molecule has 0 saturated carbocycles. The summed E-state index contributed by atoms with van der Waals surface area (Å²) in [5.41, 5.74) is 0. The fourth-order valence-electron chi connectivity index (χ4n) is 1.37. The van der Waals surface area contributed by atoms with Crippen LogP contribution in [-0.2, 0) is 0 Å².